The smallest absolute Gasteiger partial charge is 0.271 e. The summed E-state index contributed by atoms with van der Waals surface area (Å²) >= 11 is 0. The Labute approximate surface area is 206 Å². The number of benzene rings is 2. The monoisotopic (exact) mass is 468 g/mol. The van der Waals surface area contributed by atoms with Crippen LogP contribution in [-0.2, 0) is 12.8 Å². The van der Waals surface area contributed by atoms with Crippen LogP contribution in [0.5, 0.6) is 5.75 Å². The topological polar surface area (TPSA) is 61.7 Å². The van der Waals surface area contributed by atoms with Crippen LogP contribution in [0.1, 0.15) is 67.6 Å². The molecule has 0 radical (unpaired) electrons. The summed E-state index contributed by atoms with van der Waals surface area (Å²) in [7, 11) is 8.52. The van der Waals surface area contributed by atoms with Crippen molar-refractivity contribution in [1.29, 1.82) is 0 Å². The van der Waals surface area contributed by atoms with E-state index in [1.807, 2.05) is 58.0 Å². The molecule has 0 aliphatic carbocycles. The first-order valence-electron chi connectivity index (χ1n) is 12.7. The Hall–Kier alpha value is -2.70. The predicted octanol–water partition coefficient (Wildman–Crippen LogP) is 5.23. The van der Waals surface area contributed by atoms with Crippen molar-refractivity contribution < 1.29 is 9.90 Å². The van der Waals surface area contributed by atoms with Gasteiger partial charge in [0.25, 0.3) is 5.91 Å². The van der Waals surface area contributed by atoms with Gasteiger partial charge in [0.1, 0.15) is 17.1 Å². The van der Waals surface area contributed by atoms with Gasteiger partial charge in [-0.05, 0) is 43.2 Å². The van der Waals surface area contributed by atoms with Crippen molar-refractivity contribution >= 4 is 23.5 Å². The minimum absolute atomic E-state index is 0.262. The summed E-state index contributed by atoms with van der Waals surface area (Å²) < 4.78 is 1.62. The standard InChI is InChI=1S/C24H30N4O2.2C2H6/c1-27(2,3)20-11-9-17(10-12-20)24(30)26-25-16-19-15-18-7-5-13-28(4)14-6-8-21(22(18)28)23(19)29;2*1-2/h9-12,15-16H,5-8,13-14H2,1-4H3;2*1-2H3/p+2. The van der Waals surface area contributed by atoms with E-state index >= 15 is 0 Å². The summed E-state index contributed by atoms with van der Waals surface area (Å²) in [5.41, 5.74) is 8.62. The highest BCUT2D eigenvalue weighted by molar-refractivity contribution is 5.95. The van der Waals surface area contributed by atoms with Gasteiger partial charge in [-0.15, -0.1) is 0 Å². The molecule has 0 spiro atoms. The van der Waals surface area contributed by atoms with Crippen molar-refractivity contribution in [2.24, 2.45) is 5.10 Å². The van der Waals surface area contributed by atoms with E-state index in [0.717, 1.165) is 54.5 Å². The minimum Gasteiger partial charge on any atom is -0.507 e. The highest BCUT2D eigenvalue weighted by atomic mass is 16.3. The highest BCUT2D eigenvalue weighted by Gasteiger charge is 2.38. The van der Waals surface area contributed by atoms with E-state index < -0.39 is 0 Å². The molecular weight excluding hydrogens is 424 g/mol. The normalized spacial score (nSPS) is 18.7. The second kappa shape index (κ2) is 11.6. The Morgan fingerprint density at radius 3 is 2.21 bits per heavy atom. The Kier molecular flexibility index (Phi) is 9.42. The fraction of sp³-hybridized carbons (Fsp3) is 0.500. The van der Waals surface area contributed by atoms with Crippen LogP contribution in [0.15, 0.2) is 35.4 Å². The third-order valence-corrected chi connectivity index (χ3v) is 6.47. The van der Waals surface area contributed by atoms with Gasteiger partial charge in [0.2, 0.25) is 0 Å². The number of hydrazone groups is 1. The predicted molar refractivity (Wildman–Crippen MR) is 146 cm³/mol. The van der Waals surface area contributed by atoms with Crippen molar-refractivity contribution in [1.82, 2.24) is 14.4 Å². The second-order valence-electron chi connectivity index (χ2n) is 9.61. The lowest BCUT2D eigenvalue weighted by molar-refractivity contribution is 0.0955. The molecule has 2 N–H and O–H groups in total. The van der Waals surface area contributed by atoms with Crippen molar-refractivity contribution in [3.05, 3.63) is 52.6 Å². The van der Waals surface area contributed by atoms with E-state index in [4.69, 9.17) is 0 Å². The van der Waals surface area contributed by atoms with Crippen LogP contribution < -0.4 is 14.4 Å². The summed E-state index contributed by atoms with van der Waals surface area (Å²) in [6.07, 6.45) is 5.73. The Balaban J connectivity index is 0.000000970. The van der Waals surface area contributed by atoms with Crippen LogP contribution in [0.2, 0.25) is 0 Å². The number of amides is 1. The van der Waals surface area contributed by atoms with Gasteiger partial charge in [0.15, 0.2) is 0 Å². The Bertz CT molecular complexity index is 1000. The lowest BCUT2D eigenvalue weighted by atomic mass is 9.87. The number of quaternary nitrogens is 2. The number of hydrogen-bond donors (Lipinski definition) is 2. The maximum atomic E-state index is 12.4. The SMILES string of the molecule is CC.CC.C[N+](C)(C)c1ccc(C(=O)N/N=C/c2cc3c4c(c2O)CCC[N+]4(C)CCC3)cc1. The molecular formula is C28H44N4O2+2. The molecule has 2 aromatic rings. The van der Waals surface area contributed by atoms with Crippen LogP contribution in [0.3, 0.4) is 0 Å². The highest BCUT2D eigenvalue weighted by Crippen LogP contribution is 2.44. The molecule has 2 aromatic carbocycles. The fourth-order valence-corrected chi connectivity index (χ4v) is 4.85. The molecule has 186 valence electrons. The molecule has 6 nitrogen and oxygen atoms in total. The molecule has 1 atom stereocenters. The van der Waals surface area contributed by atoms with Crippen LogP contribution >= 0.6 is 0 Å². The van der Waals surface area contributed by atoms with Gasteiger partial charge in [-0.2, -0.15) is 5.10 Å². The molecule has 2 heterocycles. The molecule has 0 saturated heterocycles. The molecule has 0 bridgehead atoms. The lowest BCUT2D eigenvalue weighted by Crippen LogP contribution is -2.52. The van der Waals surface area contributed by atoms with Crippen LogP contribution in [0.25, 0.3) is 0 Å². The van der Waals surface area contributed by atoms with Crippen LogP contribution in [0, 0.1) is 0 Å². The number of nitrogens with one attached hydrogen (secondary N) is 1. The first-order valence-corrected chi connectivity index (χ1v) is 12.7. The molecule has 4 rings (SSSR count). The van der Waals surface area contributed by atoms with Crippen molar-refractivity contribution in [2.45, 2.75) is 53.4 Å². The van der Waals surface area contributed by atoms with E-state index in [1.165, 1.54) is 11.3 Å². The Morgan fingerprint density at radius 1 is 1.03 bits per heavy atom. The van der Waals surface area contributed by atoms with E-state index in [0.29, 0.717) is 21.4 Å². The fourth-order valence-electron chi connectivity index (χ4n) is 4.85. The maximum Gasteiger partial charge on any atom is 0.271 e. The quantitative estimate of drug-likeness (QED) is 0.366. The molecule has 0 aromatic heterocycles. The largest absolute Gasteiger partial charge is 0.507 e. The minimum atomic E-state index is -0.262. The van der Waals surface area contributed by atoms with Gasteiger partial charge >= 0.3 is 0 Å². The molecule has 6 heteroatoms. The van der Waals surface area contributed by atoms with Crippen LogP contribution in [-0.4, -0.2) is 58.5 Å². The van der Waals surface area contributed by atoms with Gasteiger partial charge in [-0.3, -0.25) is 13.8 Å². The zero-order valence-corrected chi connectivity index (χ0v) is 22.4. The first-order chi connectivity index (χ1) is 16.2. The zero-order valence-electron chi connectivity index (χ0n) is 22.4. The first kappa shape index (κ1) is 27.5. The number of aryl methyl sites for hydroxylation is 1. The molecule has 1 amide bonds. The number of phenolic OH excluding ortho intramolecular Hbond substituents is 1. The zero-order chi connectivity index (χ0) is 25.5. The third-order valence-electron chi connectivity index (χ3n) is 6.47. The van der Waals surface area contributed by atoms with E-state index in [9.17, 15) is 9.90 Å². The molecule has 0 saturated carbocycles. The molecule has 2 aliphatic heterocycles. The van der Waals surface area contributed by atoms with E-state index in [1.54, 1.807) is 6.21 Å². The summed E-state index contributed by atoms with van der Waals surface area (Å²) in [6, 6.07) is 9.56. The summed E-state index contributed by atoms with van der Waals surface area (Å²) in [6.45, 7) is 10.3. The molecule has 34 heavy (non-hydrogen) atoms. The number of phenols is 1. The van der Waals surface area contributed by atoms with E-state index in [2.05, 4.69) is 38.7 Å². The van der Waals surface area contributed by atoms with Gasteiger partial charge < -0.3 is 5.11 Å². The molecule has 2 aliphatic rings. The van der Waals surface area contributed by atoms with Crippen LogP contribution in [0.4, 0.5) is 11.4 Å². The maximum absolute atomic E-state index is 12.4. The summed E-state index contributed by atoms with van der Waals surface area (Å²) in [5, 5.41) is 15.0. The molecule has 1 unspecified atom stereocenters. The van der Waals surface area contributed by atoms with Gasteiger partial charge in [0, 0.05) is 29.5 Å². The van der Waals surface area contributed by atoms with Crippen molar-refractivity contribution in [3.8, 4) is 5.75 Å². The van der Waals surface area contributed by atoms with E-state index in [-0.39, 0.29) is 5.91 Å². The average molecular weight is 469 g/mol. The number of carbonyl (C=O) groups is 1. The van der Waals surface area contributed by atoms with Crippen molar-refractivity contribution in [3.63, 3.8) is 0 Å². The molecule has 0 fully saturated rings. The van der Waals surface area contributed by atoms with Gasteiger partial charge in [-0.25, -0.2) is 5.43 Å². The number of aromatic hydroxyl groups is 1. The third kappa shape index (κ3) is 5.86. The number of rotatable bonds is 4. The number of nitrogens with zero attached hydrogens (tertiary/aromatic N) is 3. The Morgan fingerprint density at radius 2 is 1.62 bits per heavy atom. The van der Waals surface area contributed by atoms with Crippen molar-refractivity contribution in [2.75, 3.05) is 41.3 Å². The lowest BCUT2D eigenvalue weighted by Gasteiger charge is -2.43. The van der Waals surface area contributed by atoms with Gasteiger partial charge in [-0.1, -0.05) is 27.7 Å². The number of carbonyl (C=O) groups excluding carboxylic acids is 1. The van der Waals surface area contributed by atoms with Gasteiger partial charge in [0.05, 0.1) is 53.1 Å². The summed E-state index contributed by atoms with van der Waals surface area (Å²) in [5.74, 6) is 0.0484. The second-order valence-corrected chi connectivity index (χ2v) is 9.61. The summed E-state index contributed by atoms with van der Waals surface area (Å²) in [4.78, 5) is 12.4. The average Bonchev–Trinajstić information content (AvgIpc) is 2.83. The number of hydrogen-bond acceptors (Lipinski definition) is 3.